The molecular weight excluding hydrogens is 880 g/mol. The van der Waals surface area contributed by atoms with Crippen LogP contribution in [0.4, 0.5) is 8.78 Å². The van der Waals surface area contributed by atoms with Crippen molar-refractivity contribution in [1.82, 2.24) is 0 Å². The van der Waals surface area contributed by atoms with E-state index >= 15 is 4.39 Å². The average molecular weight is 908 g/mol. The summed E-state index contributed by atoms with van der Waals surface area (Å²) in [5.41, 5.74) is 5.20. The molecule has 0 radical (unpaired) electrons. The van der Waals surface area contributed by atoms with Crippen LogP contribution in [0.25, 0.3) is 98.9 Å². The van der Waals surface area contributed by atoms with Crippen LogP contribution in [0.2, 0.25) is 0 Å². The lowest BCUT2D eigenvalue weighted by molar-refractivity contribution is 0.422. The standard InChI is InChI=1S/C24H13FO3.C12H8BFO3.C12H7IO2/c25-16-10-9-14-13-5-1-3-7-18(13)28-24(14)22(16)23-17(26)11-12-20-21(23)15-6-2-4-8-19(15)27-20;14-9-6-5-8-7-3-1-2-4-10(7)17-12(8)11(9)13(15)16;13-12-8(14)5-6-10-11(12)7-3-1-2-4-9(7)15-10/h1-12,26H;1-6,15-16H;1-6,14H. The molecule has 8 nitrogen and oxygen atoms in total. The molecule has 0 spiro atoms. The van der Waals surface area contributed by atoms with Crippen molar-refractivity contribution in [3.05, 3.63) is 161 Å². The monoisotopic (exact) mass is 908 g/mol. The molecule has 12 rings (SSSR count). The summed E-state index contributed by atoms with van der Waals surface area (Å²) < 4.78 is 52.6. The van der Waals surface area contributed by atoms with E-state index in [9.17, 15) is 24.7 Å². The Balaban J connectivity index is 0.000000116. The van der Waals surface area contributed by atoms with Gasteiger partial charge in [-0.15, -0.1) is 0 Å². The van der Waals surface area contributed by atoms with E-state index in [4.69, 9.17) is 17.7 Å². The van der Waals surface area contributed by atoms with Gasteiger partial charge in [0.2, 0.25) is 0 Å². The van der Waals surface area contributed by atoms with Crippen molar-refractivity contribution in [2.75, 3.05) is 0 Å². The maximum atomic E-state index is 15.1. The predicted octanol–water partition coefficient (Wildman–Crippen LogP) is 12.3. The Kier molecular flexibility index (Phi) is 9.20. The minimum Gasteiger partial charge on any atom is -0.507 e. The molecule has 0 aliphatic heterocycles. The van der Waals surface area contributed by atoms with E-state index in [1.807, 2.05) is 84.9 Å². The van der Waals surface area contributed by atoms with Crippen molar-refractivity contribution in [2.45, 2.75) is 0 Å². The van der Waals surface area contributed by atoms with Gasteiger partial charge in [-0.1, -0.05) is 72.8 Å². The number of benzene rings is 8. The number of phenolic OH excluding ortho intramolecular Hbond substituents is 2. The zero-order valence-electron chi connectivity index (χ0n) is 31.0. The first-order valence-corrected chi connectivity index (χ1v) is 19.7. The van der Waals surface area contributed by atoms with E-state index < -0.39 is 18.8 Å². The topological polar surface area (TPSA) is 133 Å². The van der Waals surface area contributed by atoms with Crippen molar-refractivity contribution >= 4 is 123 Å². The number of furan rings is 4. The highest BCUT2D eigenvalue weighted by Gasteiger charge is 2.25. The summed E-state index contributed by atoms with van der Waals surface area (Å²) in [6.45, 7) is 0. The molecule has 4 aromatic heterocycles. The molecule has 60 heavy (non-hydrogen) atoms. The lowest BCUT2D eigenvalue weighted by Gasteiger charge is -2.09. The van der Waals surface area contributed by atoms with Crippen LogP contribution in [-0.4, -0.2) is 27.4 Å². The molecule has 0 amide bonds. The van der Waals surface area contributed by atoms with Gasteiger partial charge in [0, 0.05) is 48.7 Å². The quantitative estimate of drug-likeness (QED) is 0.0995. The average Bonchev–Trinajstić information content (AvgIpc) is 4.03. The zero-order chi connectivity index (χ0) is 41.2. The Hall–Kier alpha value is -6.87. The summed E-state index contributed by atoms with van der Waals surface area (Å²) in [5.74, 6) is -0.869. The van der Waals surface area contributed by atoms with Crippen LogP contribution in [0.1, 0.15) is 0 Å². The first-order chi connectivity index (χ1) is 29.2. The third kappa shape index (κ3) is 6.10. The molecule has 0 fully saturated rings. The van der Waals surface area contributed by atoms with Gasteiger partial charge in [-0.3, -0.25) is 0 Å². The van der Waals surface area contributed by atoms with Gasteiger partial charge in [-0.2, -0.15) is 0 Å². The van der Waals surface area contributed by atoms with Crippen molar-refractivity contribution in [1.29, 1.82) is 0 Å². The second-order valence-corrected chi connectivity index (χ2v) is 15.1. The lowest BCUT2D eigenvalue weighted by Crippen LogP contribution is -2.33. The molecular formula is C48H28BF2IO8. The maximum Gasteiger partial charge on any atom is 0.495 e. The Morgan fingerprint density at radius 2 is 0.850 bits per heavy atom. The SMILES string of the molecule is OB(O)c1c(F)ccc2c1oc1ccccc12.Oc1ccc2oc3ccccc3c2c1-c1c(F)ccc2c1oc1ccccc12.Oc1ccc2oc3ccccc3c2c1I. The van der Waals surface area contributed by atoms with Crippen LogP contribution in [0, 0.1) is 15.2 Å². The first-order valence-electron chi connectivity index (χ1n) is 18.7. The van der Waals surface area contributed by atoms with Gasteiger partial charge in [0.15, 0.2) is 0 Å². The summed E-state index contributed by atoms with van der Waals surface area (Å²) in [5, 5.41) is 45.5. The number of halogens is 3. The molecule has 0 bridgehead atoms. The van der Waals surface area contributed by atoms with Gasteiger partial charge >= 0.3 is 7.12 Å². The summed E-state index contributed by atoms with van der Waals surface area (Å²) in [6.07, 6.45) is 0. The third-order valence-electron chi connectivity index (χ3n) is 10.5. The molecule has 0 atom stereocenters. The molecule has 0 unspecified atom stereocenters. The van der Waals surface area contributed by atoms with Gasteiger partial charge in [0.1, 0.15) is 67.8 Å². The fourth-order valence-corrected chi connectivity index (χ4v) is 8.58. The van der Waals surface area contributed by atoms with E-state index in [-0.39, 0.29) is 22.4 Å². The summed E-state index contributed by atoms with van der Waals surface area (Å²) in [7, 11) is -1.89. The van der Waals surface area contributed by atoms with Crippen LogP contribution < -0.4 is 5.46 Å². The Morgan fingerprint density at radius 3 is 1.43 bits per heavy atom. The highest BCUT2D eigenvalue weighted by Crippen LogP contribution is 2.46. The highest BCUT2D eigenvalue weighted by atomic mass is 127. The molecule has 292 valence electrons. The van der Waals surface area contributed by atoms with Crippen LogP contribution in [0.3, 0.4) is 0 Å². The summed E-state index contributed by atoms with van der Waals surface area (Å²) in [4.78, 5) is 0. The zero-order valence-corrected chi connectivity index (χ0v) is 33.1. The van der Waals surface area contributed by atoms with Gasteiger partial charge in [-0.05, 0) is 95.4 Å². The van der Waals surface area contributed by atoms with Crippen LogP contribution >= 0.6 is 22.6 Å². The molecule has 0 aliphatic rings. The second kappa shape index (κ2) is 14.8. The van der Waals surface area contributed by atoms with E-state index in [2.05, 4.69) is 22.6 Å². The predicted molar refractivity (Wildman–Crippen MR) is 240 cm³/mol. The highest BCUT2D eigenvalue weighted by molar-refractivity contribution is 14.1. The normalized spacial score (nSPS) is 11.6. The van der Waals surface area contributed by atoms with E-state index in [0.717, 1.165) is 47.1 Å². The maximum absolute atomic E-state index is 15.1. The fraction of sp³-hybridized carbons (Fsp3) is 0. The number of hydrogen-bond acceptors (Lipinski definition) is 8. The molecule has 8 aromatic carbocycles. The van der Waals surface area contributed by atoms with E-state index in [1.54, 1.807) is 42.5 Å². The molecule has 12 aromatic rings. The van der Waals surface area contributed by atoms with Gasteiger partial charge in [0.05, 0.1) is 14.6 Å². The number of rotatable bonds is 2. The molecule has 0 saturated heterocycles. The number of phenols is 2. The third-order valence-corrected chi connectivity index (χ3v) is 11.6. The molecule has 0 saturated carbocycles. The van der Waals surface area contributed by atoms with Crippen LogP contribution in [0.15, 0.2) is 163 Å². The minimum atomic E-state index is -1.89. The number of hydrogen-bond donors (Lipinski definition) is 4. The number of fused-ring (bicyclic) bond motifs is 12. The lowest BCUT2D eigenvalue weighted by atomic mass is 9.79. The molecule has 12 heteroatoms. The van der Waals surface area contributed by atoms with Crippen LogP contribution in [-0.2, 0) is 0 Å². The van der Waals surface area contributed by atoms with Crippen molar-refractivity contribution in [2.24, 2.45) is 0 Å². The number of para-hydroxylation sites is 4. The van der Waals surface area contributed by atoms with Gasteiger partial charge in [-0.25, -0.2) is 8.78 Å². The first kappa shape index (κ1) is 37.4. The van der Waals surface area contributed by atoms with E-state index in [0.29, 0.717) is 50.0 Å². The minimum absolute atomic E-state index is 0.0223. The number of aromatic hydroxyl groups is 2. The largest absolute Gasteiger partial charge is 0.507 e. The fourth-order valence-electron chi connectivity index (χ4n) is 7.85. The molecule has 4 N–H and O–H groups in total. The Morgan fingerprint density at radius 1 is 0.400 bits per heavy atom. The van der Waals surface area contributed by atoms with Crippen molar-refractivity contribution in [3.8, 4) is 22.6 Å². The second-order valence-electron chi connectivity index (χ2n) is 14.0. The Bertz CT molecular complexity index is 3620. The Labute approximate surface area is 351 Å². The van der Waals surface area contributed by atoms with E-state index in [1.165, 1.54) is 18.2 Å². The smallest absolute Gasteiger partial charge is 0.495 e. The van der Waals surface area contributed by atoms with Crippen molar-refractivity contribution in [3.63, 3.8) is 0 Å². The van der Waals surface area contributed by atoms with Crippen LogP contribution in [0.5, 0.6) is 11.5 Å². The molecule has 0 aliphatic carbocycles. The van der Waals surface area contributed by atoms with Gasteiger partial charge < -0.3 is 37.9 Å². The summed E-state index contributed by atoms with van der Waals surface area (Å²) in [6, 6.07) is 42.8. The summed E-state index contributed by atoms with van der Waals surface area (Å²) >= 11 is 2.14. The van der Waals surface area contributed by atoms with Crippen molar-refractivity contribution < 1.29 is 46.7 Å². The van der Waals surface area contributed by atoms with Gasteiger partial charge in [0.25, 0.3) is 0 Å². The molecule has 4 heterocycles.